The third-order valence-corrected chi connectivity index (χ3v) is 3.88. The lowest BCUT2D eigenvalue weighted by Gasteiger charge is -2.27. The predicted molar refractivity (Wildman–Crippen MR) is 70.1 cm³/mol. The molecule has 1 N–H and O–H groups in total. The SMILES string of the molecule is CCC1CCC(CNCCCOCC(F)(F)F)CC1. The predicted octanol–water partition coefficient (Wildman–Crippen LogP) is 3.76. The lowest BCUT2D eigenvalue weighted by molar-refractivity contribution is -0.173. The summed E-state index contributed by atoms with van der Waals surface area (Å²) in [5.74, 6) is 1.66. The van der Waals surface area contributed by atoms with Gasteiger partial charge in [0, 0.05) is 6.61 Å². The molecule has 1 fully saturated rings. The molecule has 0 heterocycles. The van der Waals surface area contributed by atoms with Gasteiger partial charge in [-0.15, -0.1) is 0 Å². The number of nitrogens with one attached hydrogen (secondary N) is 1. The van der Waals surface area contributed by atoms with Gasteiger partial charge in [-0.05, 0) is 44.2 Å². The van der Waals surface area contributed by atoms with Gasteiger partial charge in [-0.1, -0.05) is 26.2 Å². The van der Waals surface area contributed by atoms with Gasteiger partial charge >= 0.3 is 6.18 Å². The van der Waals surface area contributed by atoms with E-state index in [0.717, 1.165) is 24.9 Å². The van der Waals surface area contributed by atoms with E-state index in [4.69, 9.17) is 0 Å². The lowest BCUT2D eigenvalue weighted by Crippen LogP contribution is -2.28. The van der Waals surface area contributed by atoms with Crippen molar-refractivity contribution >= 4 is 0 Å². The molecule has 0 atom stereocenters. The maximum atomic E-state index is 11.8. The van der Waals surface area contributed by atoms with Gasteiger partial charge < -0.3 is 10.1 Å². The maximum absolute atomic E-state index is 11.8. The zero-order valence-electron chi connectivity index (χ0n) is 11.8. The van der Waals surface area contributed by atoms with E-state index in [1.54, 1.807) is 0 Å². The minimum absolute atomic E-state index is 0.176. The fraction of sp³-hybridized carbons (Fsp3) is 1.00. The van der Waals surface area contributed by atoms with Crippen LogP contribution in [0.4, 0.5) is 13.2 Å². The lowest BCUT2D eigenvalue weighted by atomic mass is 9.81. The van der Waals surface area contributed by atoms with Gasteiger partial charge in [0.25, 0.3) is 0 Å². The first kappa shape index (κ1) is 16.8. The fourth-order valence-corrected chi connectivity index (χ4v) is 2.64. The number of rotatable bonds is 8. The molecule has 0 radical (unpaired) electrons. The van der Waals surface area contributed by atoms with Crippen LogP contribution in [0.2, 0.25) is 0 Å². The number of ether oxygens (including phenoxy) is 1. The van der Waals surface area contributed by atoms with E-state index in [0.29, 0.717) is 6.42 Å². The normalized spacial score (nSPS) is 24.6. The van der Waals surface area contributed by atoms with Crippen molar-refractivity contribution in [3.63, 3.8) is 0 Å². The molecular formula is C14H26F3NO. The molecule has 1 aliphatic rings. The molecule has 0 saturated heterocycles. The van der Waals surface area contributed by atoms with Gasteiger partial charge in [-0.25, -0.2) is 0 Å². The average Bonchev–Trinajstić information content (AvgIpc) is 2.37. The van der Waals surface area contributed by atoms with Crippen LogP contribution in [-0.4, -0.2) is 32.5 Å². The second-order valence-electron chi connectivity index (χ2n) is 5.52. The summed E-state index contributed by atoms with van der Waals surface area (Å²) >= 11 is 0. The Balaban J connectivity index is 1.89. The van der Waals surface area contributed by atoms with Crippen LogP contribution in [0.25, 0.3) is 0 Å². The summed E-state index contributed by atoms with van der Waals surface area (Å²) in [4.78, 5) is 0. The van der Waals surface area contributed by atoms with Crippen molar-refractivity contribution in [2.75, 3.05) is 26.3 Å². The molecule has 1 rings (SSSR count). The van der Waals surface area contributed by atoms with Crippen LogP contribution in [0, 0.1) is 11.8 Å². The van der Waals surface area contributed by atoms with E-state index >= 15 is 0 Å². The van der Waals surface area contributed by atoms with E-state index < -0.39 is 12.8 Å². The van der Waals surface area contributed by atoms with Gasteiger partial charge in [0.05, 0.1) is 0 Å². The van der Waals surface area contributed by atoms with Gasteiger partial charge in [0.2, 0.25) is 0 Å². The molecule has 0 aromatic rings. The van der Waals surface area contributed by atoms with E-state index in [-0.39, 0.29) is 6.61 Å². The van der Waals surface area contributed by atoms with Crippen LogP contribution >= 0.6 is 0 Å². The van der Waals surface area contributed by atoms with Crippen molar-refractivity contribution in [2.24, 2.45) is 11.8 Å². The Morgan fingerprint density at radius 2 is 1.74 bits per heavy atom. The highest BCUT2D eigenvalue weighted by molar-refractivity contribution is 4.73. The minimum Gasteiger partial charge on any atom is -0.372 e. The molecule has 1 aliphatic carbocycles. The molecule has 114 valence electrons. The Labute approximate surface area is 114 Å². The van der Waals surface area contributed by atoms with Crippen LogP contribution in [0.1, 0.15) is 45.4 Å². The molecule has 0 aromatic carbocycles. The molecule has 0 amide bonds. The Kier molecular flexibility index (Phi) is 7.76. The smallest absolute Gasteiger partial charge is 0.372 e. The number of halogens is 3. The summed E-state index contributed by atoms with van der Waals surface area (Å²) in [6.07, 6.45) is 2.96. The number of hydrogen-bond donors (Lipinski definition) is 1. The first-order chi connectivity index (χ1) is 9.01. The van der Waals surface area contributed by atoms with Gasteiger partial charge in [-0.3, -0.25) is 0 Å². The van der Waals surface area contributed by atoms with Crippen molar-refractivity contribution in [3.05, 3.63) is 0 Å². The maximum Gasteiger partial charge on any atom is 0.411 e. The largest absolute Gasteiger partial charge is 0.411 e. The van der Waals surface area contributed by atoms with Crippen molar-refractivity contribution in [1.82, 2.24) is 5.32 Å². The fourth-order valence-electron chi connectivity index (χ4n) is 2.64. The molecule has 0 bridgehead atoms. The third-order valence-electron chi connectivity index (χ3n) is 3.88. The summed E-state index contributed by atoms with van der Waals surface area (Å²) in [6, 6.07) is 0. The average molecular weight is 281 g/mol. The Hall–Kier alpha value is -0.290. The van der Waals surface area contributed by atoms with Crippen LogP contribution in [-0.2, 0) is 4.74 Å². The summed E-state index contributed by atoms with van der Waals surface area (Å²) in [7, 11) is 0. The molecule has 0 aromatic heterocycles. The third kappa shape index (κ3) is 8.47. The Morgan fingerprint density at radius 1 is 1.11 bits per heavy atom. The monoisotopic (exact) mass is 281 g/mol. The second kappa shape index (κ2) is 8.80. The number of hydrogen-bond acceptors (Lipinski definition) is 2. The molecule has 0 spiro atoms. The van der Waals surface area contributed by atoms with Crippen molar-refractivity contribution in [2.45, 2.75) is 51.6 Å². The summed E-state index contributed by atoms with van der Waals surface area (Å²) < 4.78 is 39.9. The first-order valence-electron chi connectivity index (χ1n) is 7.36. The molecule has 19 heavy (non-hydrogen) atoms. The Bertz CT molecular complexity index is 225. The number of alkyl halides is 3. The molecule has 1 saturated carbocycles. The van der Waals surface area contributed by atoms with Crippen LogP contribution in [0.15, 0.2) is 0 Å². The molecular weight excluding hydrogens is 255 g/mol. The first-order valence-corrected chi connectivity index (χ1v) is 7.36. The zero-order valence-corrected chi connectivity index (χ0v) is 11.8. The van der Waals surface area contributed by atoms with Gasteiger partial charge in [0.15, 0.2) is 0 Å². The van der Waals surface area contributed by atoms with Gasteiger partial charge in [-0.2, -0.15) is 13.2 Å². The molecule has 0 aliphatic heterocycles. The highest BCUT2D eigenvalue weighted by atomic mass is 19.4. The van der Waals surface area contributed by atoms with Crippen LogP contribution < -0.4 is 5.32 Å². The Morgan fingerprint density at radius 3 is 2.32 bits per heavy atom. The van der Waals surface area contributed by atoms with Crippen molar-refractivity contribution < 1.29 is 17.9 Å². The highest BCUT2D eigenvalue weighted by Gasteiger charge is 2.27. The minimum atomic E-state index is -4.20. The van der Waals surface area contributed by atoms with E-state index in [9.17, 15) is 13.2 Å². The summed E-state index contributed by atoms with van der Waals surface area (Å²) in [6.45, 7) is 3.04. The second-order valence-corrected chi connectivity index (χ2v) is 5.52. The molecule has 2 nitrogen and oxygen atoms in total. The van der Waals surface area contributed by atoms with Gasteiger partial charge in [0.1, 0.15) is 6.61 Å². The highest BCUT2D eigenvalue weighted by Crippen LogP contribution is 2.29. The molecule has 5 heteroatoms. The van der Waals surface area contributed by atoms with Crippen molar-refractivity contribution in [3.8, 4) is 0 Å². The van der Waals surface area contributed by atoms with Crippen LogP contribution in [0.3, 0.4) is 0 Å². The molecule has 0 unspecified atom stereocenters. The summed E-state index contributed by atoms with van der Waals surface area (Å²) in [5, 5.41) is 3.32. The zero-order chi connectivity index (χ0) is 14.1. The van der Waals surface area contributed by atoms with Crippen LogP contribution in [0.5, 0.6) is 0 Å². The quantitative estimate of drug-likeness (QED) is 0.684. The standard InChI is InChI=1S/C14H26F3NO/c1-2-12-4-6-13(7-5-12)10-18-8-3-9-19-11-14(15,16)17/h12-13,18H,2-11H2,1H3. The van der Waals surface area contributed by atoms with E-state index in [1.807, 2.05) is 0 Å². The summed E-state index contributed by atoms with van der Waals surface area (Å²) in [5.41, 5.74) is 0. The van der Waals surface area contributed by atoms with Crippen molar-refractivity contribution in [1.29, 1.82) is 0 Å². The van der Waals surface area contributed by atoms with E-state index in [2.05, 4.69) is 17.0 Å². The van der Waals surface area contributed by atoms with E-state index in [1.165, 1.54) is 32.1 Å². The topological polar surface area (TPSA) is 21.3 Å².